The van der Waals surface area contributed by atoms with Gasteiger partial charge in [0, 0.05) is 6.20 Å². The monoisotopic (exact) mass is 528 g/mol. The van der Waals surface area contributed by atoms with Crippen LogP contribution in [0.1, 0.15) is 23.7 Å². The van der Waals surface area contributed by atoms with E-state index in [1.165, 1.54) is 10.7 Å². The Kier molecular flexibility index (Phi) is 8.05. The summed E-state index contributed by atoms with van der Waals surface area (Å²) in [5.41, 5.74) is 3.54. The molecule has 0 aliphatic heterocycles. The van der Waals surface area contributed by atoms with Crippen LogP contribution in [0.15, 0.2) is 71.2 Å². The Balaban J connectivity index is 1.47. The fraction of sp³-hybridized carbons (Fsp3) is 0.217. The normalized spacial score (nSPS) is 12.3. The third-order valence-corrected chi connectivity index (χ3v) is 8.33. The Morgan fingerprint density at radius 1 is 1.17 bits per heavy atom. The van der Waals surface area contributed by atoms with Crippen LogP contribution in [0.4, 0.5) is 0 Å². The highest BCUT2D eigenvalue weighted by Gasteiger charge is 2.22. The van der Waals surface area contributed by atoms with Gasteiger partial charge in [-0.15, -0.1) is 16.4 Å². The zero-order valence-electron chi connectivity index (χ0n) is 19.2. The van der Waals surface area contributed by atoms with Gasteiger partial charge in [0.1, 0.15) is 9.96 Å². The number of sulfonamides is 1. The van der Waals surface area contributed by atoms with E-state index in [-0.39, 0.29) is 17.2 Å². The van der Waals surface area contributed by atoms with E-state index in [1.807, 2.05) is 36.4 Å². The number of hydrogen-bond donors (Lipinski definition) is 3. The van der Waals surface area contributed by atoms with Crippen molar-refractivity contribution in [3.63, 3.8) is 0 Å². The molecule has 1 amide bonds. The second kappa shape index (κ2) is 11.4. The summed E-state index contributed by atoms with van der Waals surface area (Å²) >= 11 is 1.12. The zero-order chi connectivity index (χ0) is 25.5. The summed E-state index contributed by atoms with van der Waals surface area (Å²) < 4.78 is 35.2. The van der Waals surface area contributed by atoms with Gasteiger partial charge >= 0.3 is 0 Å². The summed E-state index contributed by atoms with van der Waals surface area (Å²) in [6.07, 6.45) is 3.52. The topological polar surface area (TPSA) is 148 Å². The summed E-state index contributed by atoms with van der Waals surface area (Å²) in [6, 6.07) is 15.6. The van der Waals surface area contributed by atoms with Crippen molar-refractivity contribution >= 4 is 27.3 Å². The largest absolute Gasteiger partial charge is 0.496 e. The molecule has 0 fully saturated rings. The lowest BCUT2D eigenvalue weighted by Crippen LogP contribution is -2.25. The number of nitrogens with zero attached hydrogens (tertiary/aromatic N) is 4. The van der Waals surface area contributed by atoms with Gasteiger partial charge in [-0.05, 0) is 42.3 Å². The van der Waals surface area contributed by atoms with E-state index < -0.39 is 22.0 Å². The molecule has 0 saturated carbocycles. The lowest BCUT2D eigenvalue weighted by atomic mass is 10.0. The second-order valence-electron chi connectivity index (χ2n) is 7.76. The smallest absolute Gasteiger partial charge is 0.250 e. The summed E-state index contributed by atoms with van der Waals surface area (Å²) in [5.74, 6) is 0.0649. The number of para-hydroxylation sites is 1. The van der Waals surface area contributed by atoms with Crippen molar-refractivity contribution in [2.45, 2.75) is 29.6 Å². The Hall–Kier alpha value is -3.65. The van der Waals surface area contributed by atoms with Crippen LogP contribution in [0.25, 0.3) is 10.6 Å². The van der Waals surface area contributed by atoms with Crippen LogP contribution < -0.4 is 14.9 Å². The summed E-state index contributed by atoms with van der Waals surface area (Å²) in [6.45, 7) is -0.0905. The summed E-state index contributed by atoms with van der Waals surface area (Å²) in [5, 5.41) is 17.2. The van der Waals surface area contributed by atoms with Gasteiger partial charge in [-0.1, -0.05) is 29.5 Å². The molecule has 3 N–H and O–H groups in total. The predicted molar refractivity (Wildman–Crippen MR) is 132 cm³/mol. The lowest BCUT2D eigenvalue weighted by molar-refractivity contribution is -0.130. The number of amides is 1. The molecule has 0 unspecified atom stereocenters. The molecule has 0 saturated heterocycles. The molecule has 4 rings (SSSR count). The van der Waals surface area contributed by atoms with Crippen LogP contribution in [0.5, 0.6) is 5.75 Å². The quantitative estimate of drug-likeness (QED) is 0.199. The van der Waals surface area contributed by atoms with Crippen molar-refractivity contribution in [1.29, 1.82) is 0 Å². The highest BCUT2D eigenvalue weighted by Crippen LogP contribution is 2.29. The number of hydrogen-bond acceptors (Lipinski definition) is 9. The van der Waals surface area contributed by atoms with Gasteiger partial charge in [0.25, 0.3) is 0 Å². The second-order valence-corrected chi connectivity index (χ2v) is 10.8. The van der Waals surface area contributed by atoms with Crippen LogP contribution >= 0.6 is 11.3 Å². The molecule has 0 spiro atoms. The molecule has 0 aliphatic carbocycles. The number of rotatable bonds is 11. The van der Waals surface area contributed by atoms with E-state index in [9.17, 15) is 13.2 Å². The number of hydroxylamine groups is 1. The molecular weight excluding hydrogens is 504 g/mol. The van der Waals surface area contributed by atoms with Gasteiger partial charge in [0.2, 0.25) is 15.9 Å². The van der Waals surface area contributed by atoms with Crippen LogP contribution in [-0.4, -0.2) is 46.6 Å². The van der Waals surface area contributed by atoms with Crippen molar-refractivity contribution < 1.29 is 23.2 Å². The maximum Gasteiger partial charge on any atom is 0.250 e. The highest BCUT2D eigenvalue weighted by atomic mass is 32.2. The molecule has 1 aromatic carbocycles. The predicted octanol–water partition coefficient (Wildman–Crippen LogP) is 2.57. The van der Waals surface area contributed by atoms with Crippen LogP contribution in [0, 0.1) is 0 Å². The van der Waals surface area contributed by atoms with Gasteiger partial charge in [-0.25, -0.2) is 23.3 Å². The third kappa shape index (κ3) is 6.12. The number of benzene rings is 1. The first-order valence-electron chi connectivity index (χ1n) is 10.9. The first kappa shape index (κ1) is 25.4. The number of ether oxygens (including phenoxy) is 1. The van der Waals surface area contributed by atoms with E-state index in [0.29, 0.717) is 23.6 Å². The number of carbonyl (C=O) groups excluding carboxylic acids is 1. The van der Waals surface area contributed by atoms with Crippen molar-refractivity contribution in [3.05, 3.63) is 78.2 Å². The standard InChI is InChI=1S/C23H24N6O5S2/c1-34-20-8-3-2-6-16(20)12-18(13-22(30)27-31)29-15-17(26-28-29)14-25-36(32,33)23-10-9-21(35-23)19-7-4-5-11-24-19/h2-11,15,18,25,31H,12-14H2,1H3,(H,27,30)/t18-/m0/s1. The van der Waals surface area contributed by atoms with Crippen LogP contribution in [0.2, 0.25) is 0 Å². The van der Waals surface area contributed by atoms with Gasteiger partial charge in [0.05, 0.1) is 48.6 Å². The maximum atomic E-state index is 12.8. The average Bonchev–Trinajstić information content (AvgIpc) is 3.59. The molecule has 3 aromatic heterocycles. The molecule has 11 nitrogen and oxygen atoms in total. The fourth-order valence-corrected chi connectivity index (χ4v) is 5.89. The number of pyridine rings is 1. The fourth-order valence-electron chi connectivity index (χ4n) is 3.57. The van der Waals surface area contributed by atoms with Gasteiger partial charge in [-0.3, -0.25) is 15.0 Å². The molecule has 13 heteroatoms. The average molecular weight is 529 g/mol. The molecule has 0 aliphatic rings. The summed E-state index contributed by atoms with van der Waals surface area (Å²) in [7, 11) is -2.23. The minimum atomic E-state index is -3.79. The van der Waals surface area contributed by atoms with Crippen LogP contribution in [0.3, 0.4) is 0 Å². The van der Waals surface area contributed by atoms with Gasteiger partial charge < -0.3 is 4.74 Å². The number of aromatic nitrogens is 4. The number of thiophene rings is 1. The Bertz CT molecular complexity index is 1420. The van der Waals surface area contributed by atoms with E-state index >= 15 is 0 Å². The van der Waals surface area contributed by atoms with Gasteiger partial charge in [-0.2, -0.15) is 0 Å². The van der Waals surface area contributed by atoms with Gasteiger partial charge in [0.15, 0.2) is 0 Å². The first-order valence-corrected chi connectivity index (χ1v) is 13.2. The first-order chi connectivity index (χ1) is 17.4. The van der Waals surface area contributed by atoms with E-state index in [0.717, 1.165) is 21.8 Å². The highest BCUT2D eigenvalue weighted by molar-refractivity contribution is 7.91. The third-order valence-electron chi connectivity index (χ3n) is 5.33. The minimum absolute atomic E-state index is 0.0748. The Labute approximate surface area is 211 Å². The summed E-state index contributed by atoms with van der Waals surface area (Å²) in [4.78, 5) is 16.9. The number of methoxy groups -OCH3 is 1. The van der Waals surface area contributed by atoms with E-state index in [4.69, 9.17) is 9.94 Å². The molecule has 0 bridgehead atoms. The van der Waals surface area contributed by atoms with E-state index in [1.54, 1.807) is 37.1 Å². The van der Waals surface area contributed by atoms with Crippen LogP contribution in [-0.2, 0) is 27.8 Å². The Morgan fingerprint density at radius 3 is 2.72 bits per heavy atom. The molecule has 36 heavy (non-hydrogen) atoms. The maximum absolute atomic E-state index is 12.8. The number of nitrogens with one attached hydrogen (secondary N) is 2. The van der Waals surface area contributed by atoms with Crippen molar-refractivity contribution in [3.8, 4) is 16.3 Å². The SMILES string of the molecule is COc1ccccc1C[C@@H](CC(=O)NO)n1cc(CNS(=O)(=O)c2ccc(-c3ccccn3)s2)nn1. The molecule has 3 heterocycles. The molecule has 4 aromatic rings. The molecular formula is C23H24N6O5S2. The molecule has 1 atom stereocenters. The molecule has 188 valence electrons. The number of carbonyl (C=O) groups is 1. The van der Waals surface area contributed by atoms with E-state index in [2.05, 4.69) is 20.0 Å². The van der Waals surface area contributed by atoms with Crippen molar-refractivity contribution in [1.82, 2.24) is 30.2 Å². The van der Waals surface area contributed by atoms with Crippen molar-refractivity contribution in [2.24, 2.45) is 0 Å². The lowest BCUT2D eigenvalue weighted by Gasteiger charge is -2.17. The Morgan fingerprint density at radius 2 is 1.97 bits per heavy atom. The zero-order valence-corrected chi connectivity index (χ0v) is 20.9. The van der Waals surface area contributed by atoms with Crippen molar-refractivity contribution in [2.75, 3.05) is 7.11 Å². The minimum Gasteiger partial charge on any atom is -0.496 e. The molecule has 0 radical (unpaired) electrons.